The number of hydrogen-bond acceptors (Lipinski definition) is 4. The van der Waals surface area contributed by atoms with E-state index in [1.54, 1.807) is 0 Å². The first-order chi connectivity index (χ1) is 11.8. The van der Waals surface area contributed by atoms with Crippen LogP contribution in [-0.4, -0.2) is 43.2 Å². The molecule has 5 nitrogen and oxygen atoms in total. The van der Waals surface area contributed by atoms with E-state index in [1.165, 1.54) is 19.3 Å². The third-order valence-corrected chi connectivity index (χ3v) is 5.70. The third-order valence-electron chi connectivity index (χ3n) is 5.70. The molecule has 1 aliphatic carbocycles. The molecule has 2 atom stereocenters. The second kappa shape index (κ2) is 5.90. The second-order valence-electron chi connectivity index (χ2n) is 9.03. The lowest BCUT2D eigenvalue weighted by molar-refractivity contribution is -0.117. The van der Waals surface area contributed by atoms with Gasteiger partial charge in [-0.1, -0.05) is 20.8 Å². The van der Waals surface area contributed by atoms with Gasteiger partial charge in [-0.3, -0.25) is 9.69 Å². The highest BCUT2D eigenvalue weighted by atomic mass is 16.6. The highest BCUT2D eigenvalue weighted by Crippen LogP contribution is 2.52. The van der Waals surface area contributed by atoms with Crippen LogP contribution in [0.4, 0.5) is 5.69 Å². The van der Waals surface area contributed by atoms with Crippen molar-refractivity contribution in [3.8, 4) is 11.5 Å². The fraction of sp³-hybridized carbons (Fsp3) is 0.650. The summed E-state index contributed by atoms with van der Waals surface area (Å²) >= 11 is 0. The fourth-order valence-electron chi connectivity index (χ4n) is 5.27. The Morgan fingerprint density at radius 2 is 1.96 bits per heavy atom. The Hall–Kier alpha value is -1.75. The number of anilines is 1. The van der Waals surface area contributed by atoms with Crippen LogP contribution in [0.15, 0.2) is 18.2 Å². The van der Waals surface area contributed by atoms with Gasteiger partial charge in [0.25, 0.3) is 0 Å². The van der Waals surface area contributed by atoms with Crippen LogP contribution in [-0.2, 0) is 4.79 Å². The molecule has 136 valence electrons. The standard InChI is InChI=1S/C20H28N2O3/c1-19(2)9-15-10-20(3,12-19)13-22(15)11-18(23)21-14-4-5-16-17(8-14)25-7-6-24-16/h4-5,8,15H,6-7,9-13H2,1-3H3,(H,21,23)/t15-,20-/m0/s1. The first-order valence-corrected chi connectivity index (χ1v) is 9.26. The minimum absolute atomic E-state index is 0.0469. The summed E-state index contributed by atoms with van der Waals surface area (Å²) in [5.41, 5.74) is 1.49. The zero-order valence-electron chi connectivity index (χ0n) is 15.4. The molecule has 1 saturated heterocycles. The van der Waals surface area contributed by atoms with E-state index in [0.717, 1.165) is 18.0 Å². The van der Waals surface area contributed by atoms with E-state index in [9.17, 15) is 4.79 Å². The number of likely N-dealkylation sites (tertiary alicyclic amines) is 1. The van der Waals surface area contributed by atoms with E-state index in [-0.39, 0.29) is 5.91 Å². The number of carbonyl (C=O) groups excluding carboxylic acids is 1. The molecule has 1 N–H and O–H groups in total. The SMILES string of the molecule is CC1(C)C[C@H]2C[C@](C)(CN2CC(=O)Nc2ccc3c(c2)OCCO3)C1. The molecule has 1 aromatic carbocycles. The average molecular weight is 344 g/mol. The minimum atomic E-state index is 0.0469. The summed E-state index contributed by atoms with van der Waals surface area (Å²) in [4.78, 5) is 14.9. The van der Waals surface area contributed by atoms with Gasteiger partial charge in [-0.15, -0.1) is 0 Å². The molecule has 2 fully saturated rings. The van der Waals surface area contributed by atoms with Gasteiger partial charge in [-0.25, -0.2) is 0 Å². The molecule has 0 radical (unpaired) electrons. The summed E-state index contributed by atoms with van der Waals surface area (Å²) in [5, 5.41) is 3.02. The topological polar surface area (TPSA) is 50.8 Å². The van der Waals surface area contributed by atoms with Crippen molar-refractivity contribution in [3.05, 3.63) is 18.2 Å². The number of ether oxygens (including phenoxy) is 2. The molecular weight excluding hydrogens is 316 g/mol. The van der Waals surface area contributed by atoms with Gasteiger partial charge in [0.2, 0.25) is 5.91 Å². The molecule has 0 aromatic heterocycles. The first-order valence-electron chi connectivity index (χ1n) is 9.26. The largest absolute Gasteiger partial charge is 0.486 e. The van der Waals surface area contributed by atoms with Crippen molar-refractivity contribution >= 4 is 11.6 Å². The molecule has 2 heterocycles. The number of nitrogens with one attached hydrogen (secondary N) is 1. The van der Waals surface area contributed by atoms with Crippen LogP contribution in [0.25, 0.3) is 0 Å². The lowest BCUT2D eigenvalue weighted by Gasteiger charge is -2.39. The maximum absolute atomic E-state index is 12.6. The molecule has 3 aliphatic rings. The maximum Gasteiger partial charge on any atom is 0.238 e. The Kier molecular flexibility index (Phi) is 3.95. The van der Waals surface area contributed by atoms with Gasteiger partial charge < -0.3 is 14.8 Å². The van der Waals surface area contributed by atoms with Crippen LogP contribution in [0.5, 0.6) is 11.5 Å². The Morgan fingerprint density at radius 3 is 2.76 bits per heavy atom. The molecule has 25 heavy (non-hydrogen) atoms. The quantitative estimate of drug-likeness (QED) is 0.914. The molecule has 0 unspecified atom stereocenters. The van der Waals surface area contributed by atoms with E-state index in [2.05, 4.69) is 31.0 Å². The summed E-state index contributed by atoms with van der Waals surface area (Å²) in [6, 6.07) is 6.10. The zero-order chi connectivity index (χ0) is 17.7. The Balaban J connectivity index is 1.40. The highest BCUT2D eigenvalue weighted by molar-refractivity contribution is 5.92. The Bertz CT molecular complexity index is 688. The van der Waals surface area contributed by atoms with Crippen LogP contribution in [0.3, 0.4) is 0 Å². The Morgan fingerprint density at radius 1 is 1.20 bits per heavy atom. The van der Waals surface area contributed by atoms with Crippen molar-refractivity contribution in [2.24, 2.45) is 10.8 Å². The van der Waals surface area contributed by atoms with Crippen LogP contribution in [0.2, 0.25) is 0 Å². The van der Waals surface area contributed by atoms with Crippen molar-refractivity contribution in [3.63, 3.8) is 0 Å². The molecule has 2 aliphatic heterocycles. The van der Waals surface area contributed by atoms with Crippen LogP contribution in [0.1, 0.15) is 40.0 Å². The van der Waals surface area contributed by atoms with Gasteiger partial charge in [-0.05, 0) is 42.2 Å². The predicted molar refractivity (Wildman–Crippen MR) is 97.2 cm³/mol. The number of carbonyl (C=O) groups is 1. The third kappa shape index (κ3) is 3.47. The van der Waals surface area contributed by atoms with Crippen LogP contribution >= 0.6 is 0 Å². The van der Waals surface area contributed by atoms with Gasteiger partial charge in [0.15, 0.2) is 11.5 Å². The number of fused-ring (bicyclic) bond motifs is 3. The Labute approximate surface area is 149 Å². The van der Waals surface area contributed by atoms with Crippen molar-refractivity contribution < 1.29 is 14.3 Å². The van der Waals surface area contributed by atoms with Gasteiger partial charge in [0.05, 0.1) is 6.54 Å². The van der Waals surface area contributed by atoms with E-state index < -0.39 is 0 Å². The summed E-state index contributed by atoms with van der Waals surface area (Å²) in [6.45, 7) is 9.70. The molecule has 2 bridgehead atoms. The van der Waals surface area contributed by atoms with E-state index >= 15 is 0 Å². The number of nitrogens with zero attached hydrogens (tertiary/aromatic N) is 1. The lowest BCUT2D eigenvalue weighted by atomic mass is 9.65. The maximum atomic E-state index is 12.6. The smallest absolute Gasteiger partial charge is 0.238 e. The number of rotatable bonds is 3. The van der Waals surface area contributed by atoms with Crippen molar-refractivity contribution in [1.82, 2.24) is 4.90 Å². The second-order valence-corrected chi connectivity index (χ2v) is 9.03. The van der Waals surface area contributed by atoms with E-state index in [4.69, 9.17) is 9.47 Å². The molecule has 1 aromatic rings. The number of benzene rings is 1. The van der Waals surface area contributed by atoms with E-state index in [0.29, 0.717) is 42.4 Å². The average Bonchev–Trinajstić information content (AvgIpc) is 2.75. The summed E-state index contributed by atoms with van der Waals surface area (Å²) in [7, 11) is 0. The first kappa shape index (κ1) is 16.7. The van der Waals surface area contributed by atoms with E-state index in [1.807, 2.05) is 18.2 Å². The summed E-state index contributed by atoms with van der Waals surface area (Å²) < 4.78 is 11.1. The van der Waals surface area contributed by atoms with Gasteiger partial charge in [-0.2, -0.15) is 0 Å². The number of amides is 1. The molecule has 4 rings (SSSR count). The van der Waals surface area contributed by atoms with Crippen molar-refractivity contribution in [2.75, 3.05) is 31.6 Å². The molecule has 1 amide bonds. The molecular formula is C20H28N2O3. The summed E-state index contributed by atoms with van der Waals surface area (Å²) in [5.74, 6) is 1.49. The highest BCUT2D eigenvalue weighted by Gasteiger charge is 2.49. The van der Waals surface area contributed by atoms with Gasteiger partial charge in [0.1, 0.15) is 13.2 Å². The van der Waals surface area contributed by atoms with Crippen molar-refractivity contribution in [1.29, 1.82) is 0 Å². The minimum Gasteiger partial charge on any atom is -0.486 e. The predicted octanol–water partition coefficient (Wildman–Crippen LogP) is 3.30. The molecule has 5 heteroatoms. The lowest BCUT2D eigenvalue weighted by Crippen LogP contribution is -2.38. The normalized spacial score (nSPS) is 30.1. The van der Waals surface area contributed by atoms with Crippen LogP contribution < -0.4 is 14.8 Å². The summed E-state index contributed by atoms with van der Waals surface area (Å²) in [6.07, 6.45) is 3.64. The van der Waals surface area contributed by atoms with Crippen LogP contribution in [0, 0.1) is 10.8 Å². The monoisotopic (exact) mass is 344 g/mol. The number of hydrogen-bond donors (Lipinski definition) is 1. The van der Waals surface area contributed by atoms with Crippen molar-refractivity contribution in [2.45, 2.75) is 46.1 Å². The van der Waals surface area contributed by atoms with Gasteiger partial charge in [0, 0.05) is 24.3 Å². The van der Waals surface area contributed by atoms with Gasteiger partial charge >= 0.3 is 0 Å². The fourth-order valence-corrected chi connectivity index (χ4v) is 5.27. The molecule has 0 spiro atoms. The molecule has 1 saturated carbocycles. The zero-order valence-corrected chi connectivity index (χ0v) is 15.4.